The molecule has 1 N–H and O–H groups in total. The van der Waals surface area contributed by atoms with E-state index in [1.165, 1.54) is 24.6 Å². The average Bonchev–Trinajstić information content (AvgIpc) is 3.25. The van der Waals surface area contributed by atoms with Gasteiger partial charge in [0.15, 0.2) is 0 Å². The van der Waals surface area contributed by atoms with Crippen molar-refractivity contribution in [1.82, 2.24) is 5.32 Å². The molecule has 2 aliphatic rings. The fourth-order valence-electron chi connectivity index (χ4n) is 3.73. The van der Waals surface area contributed by atoms with Crippen LogP contribution in [0.25, 0.3) is 6.08 Å². The first kappa shape index (κ1) is 19.6. The Morgan fingerprint density at radius 3 is 2.59 bits per heavy atom. The van der Waals surface area contributed by atoms with E-state index in [2.05, 4.69) is 5.32 Å². The highest BCUT2D eigenvalue weighted by Gasteiger charge is 2.28. The van der Waals surface area contributed by atoms with Gasteiger partial charge in [0.05, 0.1) is 17.7 Å². The maximum absolute atomic E-state index is 12.9. The van der Waals surface area contributed by atoms with E-state index < -0.39 is 0 Å². The number of hydrogen-bond acceptors (Lipinski definition) is 4. The molecule has 0 atom stereocenters. The van der Waals surface area contributed by atoms with Crippen molar-refractivity contribution in [2.75, 3.05) is 19.1 Å². The van der Waals surface area contributed by atoms with Crippen LogP contribution in [0.4, 0.5) is 5.69 Å². The summed E-state index contributed by atoms with van der Waals surface area (Å²) in [7, 11) is 3.38. The number of benzene rings is 2. The molecule has 1 fully saturated rings. The Hall–Kier alpha value is -2.73. The second-order valence-electron chi connectivity index (χ2n) is 7.39. The van der Waals surface area contributed by atoms with Crippen LogP contribution >= 0.6 is 11.8 Å². The summed E-state index contributed by atoms with van der Waals surface area (Å²) < 4.78 is 5.18. The molecule has 1 aliphatic carbocycles. The fraction of sp³-hybridized carbons (Fsp3) is 0.304. The third kappa shape index (κ3) is 4.17. The molecule has 1 heterocycles. The lowest BCUT2D eigenvalue weighted by atomic mass is 10.1. The van der Waals surface area contributed by atoms with Crippen LogP contribution in [0.2, 0.25) is 0 Å². The van der Waals surface area contributed by atoms with E-state index in [0.717, 1.165) is 34.7 Å². The van der Waals surface area contributed by atoms with Crippen LogP contribution < -0.4 is 15.0 Å². The zero-order valence-electron chi connectivity index (χ0n) is 16.6. The number of hydrogen-bond donors (Lipinski definition) is 1. The van der Waals surface area contributed by atoms with E-state index >= 15 is 0 Å². The van der Waals surface area contributed by atoms with E-state index in [9.17, 15) is 9.59 Å². The summed E-state index contributed by atoms with van der Waals surface area (Å²) in [6.45, 7) is 0. The normalized spacial score (nSPS) is 18.1. The van der Waals surface area contributed by atoms with Crippen molar-refractivity contribution in [3.63, 3.8) is 0 Å². The molecule has 1 aliphatic heterocycles. The number of nitrogens with zero attached hydrogens (tertiary/aromatic N) is 1. The van der Waals surface area contributed by atoms with E-state index in [1.54, 1.807) is 19.1 Å². The molecule has 6 heteroatoms. The summed E-state index contributed by atoms with van der Waals surface area (Å²) in [4.78, 5) is 28.7. The lowest BCUT2D eigenvalue weighted by Gasteiger charge is -2.27. The first-order valence-electron chi connectivity index (χ1n) is 9.82. The number of carbonyl (C=O) groups is 2. The van der Waals surface area contributed by atoms with E-state index in [4.69, 9.17) is 4.74 Å². The number of carbonyl (C=O) groups excluding carboxylic acids is 2. The van der Waals surface area contributed by atoms with Gasteiger partial charge in [-0.2, -0.15) is 0 Å². The maximum Gasteiger partial charge on any atom is 0.264 e. The van der Waals surface area contributed by atoms with Crippen molar-refractivity contribution >= 4 is 35.3 Å². The predicted octanol–water partition coefficient (Wildman–Crippen LogP) is 4.48. The molecule has 0 unspecified atom stereocenters. The monoisotopic (exact) mass is 408 g/mol. The van der Waals surface area contributed by atoms with Crippen LogP contribution in [0, 0.1) is 0 Å². The zero-order chi connectivity index (χ0) is 20.4. The van der Waals surface area contributed by atoms with Crippen LogP contribution in [0.1, 0.15) is 41.6 Å². The SMILES string of the molecule is COc1ccc(/C=C2\Sc3ccc(C(=O)NC4CCCC4)cc3N(C)C2=O)cc1. The standard InChI is InChI=1S/C23H24N2O3S/c1-25-19-14-16(22(26)24-17-5-3-4-6-17)9-12-20(19)29-21(23(25)27)13-15-7-10-18(28-2)11-8-15/h7-14,17H,3-6H2,1-2H3,(H,24,26)/b21-13-. The number of ether oxygens (including phenoxy) is 1. The van der Waals surface area contributed by atoms with Crippen molar-refractivity contribution in [2.45, 2.75) is 36.6 Å². The second-order valence-corrected chi connectivity index (χ2v) is 8.47. The van der Waals surface area contributed by atoms with Gasteiger partial charge < -0.3 is 15.0 Å². The summed E-state index contributed by atoms with van der Waals surface area (Å²) in [6, 6.07) is 13.4. The maximum atomic E-state index is 12.9. The fourth-order valence-corrected chi connectivity index (χ4v) is 4.82. The number of rotatable bonds is 4. The zero-order valence-corrected chi connectivity index (χ0v) is 17.4. The van der Waals surface area contributed by atoms with Crippen molar-refractivity contribution in [3.05, 3.63) is 58.5 Å². The number of anilines is 1. The largest absolute Gasteiger partial charge is 0.497 e. The Morgan fingerprint density at radius 1 is 1.17 bits per heavy atom. The summed E-state index contributed by atoms with van der Waals surface area (Å²) >= 11 is 1.43. The number of fused-ring (bicyclic) bond motifs is 1. The van der Waals surface area contributed by atoms with Gasteiger partial charge in [0, 0.05) is 23.5 Å². The Balaban J connectivity index is 1.56. The lowest BCUT2D eigenvalue weighted by Crippen LogP contribution is -2.33. The Labute approximate surface area is 175 Å². The molecule has 150 valence electrons. The molecule has 2 aromatic carbocycles. The minimum atomic E-state index is -0.0772. The van der Waals surface area contributed by atoms with Crippen molar-refractivity contribution in [3.8, 4) is 5.75 Å². The predicted molar refractivity (Wildman–Crippen MR) is 116 cm³/mol. The molecule has 5 nitrogen and oxygen atoms in total. The topological polar surface area (TPSA) is 58.6 Å². The van der Waals surface area contributed by atoms with Crippen molar-refractivity contribution in [1.29, 1.82) is 0 Å². The second kappa shape index (κ2) is 8.33. The van der Waals surface area contributed by atoms with Crippen LogP contribution in [0.3, 0.4) is 0 Å². The number of thioether (sulfide) groups is 1. The van der Waals surface area contributed by atoms with Gasteiger partial charge in [0.25, 0.3) is 11.8 Å². The van der Waals surface area contributed by atoms with E-state index in [0.29, 0.717) is 10.5 Å². The summed E-state index contributed by atoms with van der Waals surface area (Å²) in [5.41, 5.74) is 2.30. The Bertz CT molecular complexity index is 963. The third-order valence-electron chi connectivity index (χ3n) is 5.42. The minimum Gasteiger partial charge on any atom is -0.497 e. The summed E-state index contributed by atoms with van der Waals surface area (Å²) in [5, 5.41) is 3.11. The van der Waals surface area contributed by atoms with Crippen LogP contribution in [0.5, 0.6) is 5.75 Å². The highest BCUT2D eigenvalue weighted by Crippen LogP contribution is 2.42. The smallest absolute Gasteiger partial charge is 0.264 e. The summed E-state index contributed by atoms with van der Waals surface area (Å²) in [6.07, 6.45) is 6.32. The number of nitrogens with one attached hydrogen (secondary N) is 1. The van der Waals surface area contributed by atoms with E-state index in [1.807, 2.05) is 48.5 Å². The number of amides is 2. The van der Waals surface area contributed by atoms with Gasteiger partial charge in [-0.05, 0) is 54.8 Å². The molecule has 2 amide bonds. The van der Waals surface area contributed by atoms with Crippen LogP contribution in [0.15, 0.2) is 52.3 Å². The first-order valence-corrected chi connectivity index (χ1v) is 10.6. The first-order chi connectivity index (χ1) is 14.0. The third-order valence-corrected chi connectivity index (χ3v) is 6.50. The summed E-state index contributed by atoms with van der Waals surface area (Å²) in [5.74, 6) is 0.637. The molecule has 0 radical (unpaired) electrons. The highest BCUT2D eigenvalue weighted by molar-refractivity contribution is 8.04. The van der Waals surface area contributed by atoms with Gasteiger partial charge in [0.2, 0.25) is 0 Å². The van der Waals surface area contributed by atoms with Gasteiger partial charge in [-0.15, -0.1) is 0 Å². The molecule has 1 saturated carbocycles. The molecule has 2 aromatic rings. The molecular formula is C23H24N2O3S. The molecule has 0 aromatic heterocycles. The molecule has 0 saturated heterocycles. The molecular weight excluding hydrogens is 384 g/mol. The number of likely N-dealkylation sites (N-methyl/N-ethyl adjacent to an activating group) is 1. The average molecular weight is 409 g/mol. The quantitative estimate of drug-likeness (QED) is 0.758. The Morgan fingerprint density at radius 2 is 1.90 bits per heavy atom. The van der Waals surface area contributed by atoms with Gasteiger partial charge in [-0.25, -0.2) is 0 Å². The molecule has 29 heavy (non-hydrogen) atoms. The number of methoxy groups -OCH3 is 1. The minimum absolute atomic E-state index is 0.0647. The van der Waals surface area contributed by atoms with Gasteiger partial charge >= 0.3 is 0 Å². The molecule has 0 spiro atoms. The van der Waals surface area contributed by atoms with Gasteiger partial charge in [0.1, 0.15) is 5.75 Å². The molecule has 4 rings (SSSR count). The van der Waals surface area contributed by atoms with Crippen molar-refractivity contribution < 1.29 is 14.3 Å². The van der Waals surface area contributed by atoms with E-state index in [-0.39, 0.29) is 17.9 Å². The van der Waals surface area contributed by atoms with Crippen LogP contribution in [-0.2, 0) is 4.79 Å². The van der Waals surface area contributed by atoms with Gasteiger partial charge in [-0.3, -0.25) is 9.59 Å². The highest BCUT2D eigenvalue weighted by atomic mass is 32.2. The van der Waals surface area contributed by atoms with Crippen LogP contribution in [-0.4, -0.2) is 32.0 Å². The Kier molecular flexibility index (Phi) is 5.62. The lowest BCUT2D eigenvalue weighted by molar-refractivity contribution is -0.114. The molecule has 0 bridgehead atoms. The van der Waals surface area contributed by atoms with Gasteiger partial charge in [-0.1, -0.05) is 36.7 Å². The van der Waals surface area contributed by atoms with Crippen molar-refractivity contribution in [2.24, 2.45) is 0 Å².